The normalized spacial score (nSPS) is 22.4. The molecule has 2 heterocycles. The lowest BCUT2D eigenvalue weighted by Crippen LogP contribution is -2.48. The molecule has 0 fully saturated rings. The monoisotopic (exact) mass is 355 g/mol. The van der Waals surface area contributed by atoms with E-state index in [2.05, 4.69) is 35.1 Å². The molecule has 5 heteroatoms. The molecule has 2 atom stereocenters. The third kappa shape index (κ3) is 2.65. The van der Waals surface area contributed by atoms with Crippen molar-refractivity contribution in [3.8, 4) is 0 Å². The van der Waals surface area contributed by atoms with Crippen LogP contribution in [0.3, 0.4) is 0 Å². The first-order valence-corrected chi connectivity index (χ1v) is 9.55. The zero-order chi connectivity index (χ0) is 18.4. The van der Waals surface area contributed by atoms with E-state index in [1.165, 1.54) is 0 Å². The van der Waals surface area contributed by atoms with Gasteiger partial charge in [0.15, 0.2) is 5.95 Å². The van der Waals surface area contributed by atoms with E-state index in [1.807, 2.05) is 25.2 Å². The van der Waals surface area contributed by atoms with Crippen LogP contribution in [0.15, 0.2) is 24.3 Å². The molecule has 138 valence electrons. The van der Waals surface area contributed by atoms with Crippen LogP contribution >= 0.6 is 0 Å². The zero-order valence-electron chi connectivity index (χ0n) is 15.6. The number of fused-ring (bicyclic) bond motifs is 2. The predicted octanol–water partition coefficient (Wildman–Crippen LogP) is 3.48. The van der Waals surface area contributed by atoms with Crippen LogP contribution in [0.1, 0.15) is 37.8 Å². The van der Waals surface area contributed by atoms with Gasteiger partial charge in [0.1, 0.15) is 0 Å². The minimum Gasteiger partial charge on any atom is -0.353 e. The summed E-state index contributed by atoms with van der Waals surface area (Å²) < 4.78 is 14.4. The number of nitrogens with one attached hydrogen (secondary N) is 2. The first-order chi connectivity index (χ1) is 12.5. The van der Waals surface area contributed by atoms with Gasteiger partial charge in [-0.25, -0.2) is 0 Å². The second-order valence-electron chi connectivity index (χ2n) is 7.56. The molecule has 1 aliphatic carbocycles. The van der Waals surface area contributed by atoms with Crippen LogP contribution in [-0.4, -0.2) is 41.5 Å². The van der Waals surface area contributed by atoms with Crippen LogP contribution < -0.4 is 5.32 Å². The van der Waals surface area contributed by atoms with Gasteiger partial charge in [-0.2, -0.15) is 4.39 Å². The first kappa shape index (κ1) is 17.3. The molecule has 2 N–H and O–H groups in total. The van der Waals surface area contributed by atoms with Gasteiger partial charge in [-0.1, -0.05) is 32.1 Å². The highest BCUT2D eigenvalue weighted by atomic mass is 19.1. The molecule has 26 heavy (non-hydrogen) atoms. The van der Waals surface area contributed by atoms with Gasteiger partial charge >= 0.3 is 0 Å². The van der Waals surface area contributed by atoms with Crippen molar-refractivity contribution in [2.24, 2.45) is 5.92 Å². The standard InChI is InChI=1S/C21H26FN3O/c1-4-13(5-2)23-21(26)12-9-15-14-7-6-8-17-19(14)16(20(22)24-17)10-18(15)25(3)11-12/h6-9,12-13,18,24H,4-5,10-11H2,1-3H3,(H,23,26). The minimum absolute atomic E-state index is 0.0923. The Balaban J connectivity index is 1.74. The average Bonchev–Trinajstić information content (AvgIpc) is 2.97. The summed E-state index contributed by atoms with van der Waals surface area (Å²) in [6, 6.07) is 6.26. The predicted molar refractivity (Wildman–Crippen MR) is 102 cm³/mol. The van der Waals surface area contributed by atoms with E-state index in [-0.39, 0.29) is 29.9 Å². The lowest BCUT2D eigenvalue weighted by atomic mass is 9.79. The minimum atomic E-state index is -0.228. The van der Waals surface area contributed by atoms with Crippen molar-refractivity contribution < 1.29 is 9.18 Å². The van der Waals surface area contributed by atoms with Crippen molar-refractivity contribution in [2.75, 3.05) is 13.6 Å². The van der Waals surface area contributed by atoms with Gasteiger partial charge in [-0.3, -0.25) is 9.69 Å². The van der Waals surface area contributed by atoms with Crippen molar-refractivity contribution in [1.82, 2.24) is 15.2 Å². The van der Waals surface area contributed by atoms with E-state index in [4.69, 9.17) is 0 Å². The Morgan fingerprint density at radius 2 is 2.15 bits per heavy atom. The van der Waals surface area contributed by atoms with E-state index >= 15 is 0 Å². The summed E-state index contributed by atoms with van der Waals surface area (Å²) in [6.45, 7) is 4.86. The van der Waals surface area contributed by atoms with E-state index in [0.29, 0.717) is 13.0 Å². The zero-order valence-corrected chi connectivity index (χ0v) is 15.6. The van der Waals surface area contributed by atoms with Crippen molar-refractivity contribution in [3.63, 3.8) is 0 Å². The fourth-order valence-corrected chi connectivity index (χ4v) is 4.46. The van der Waals surface area contributed by atoms with Gasteiger partial charge in [0.05, 0.1) is 5.92 Å². The molecule has 0 radical (unpaired) electrons. The summed E-state index contributed by atoms with van der Waals surface area (Å²) in [6.07, 6.45) is 4.64. The van der Waals surface area contributed by atoms with Crippen LogP contribution in [0, 0.1) is 11.9 Å². The third-order valence-corrected chi connectivity index (χ3v) is 6.01. The van der Waals surface area contributed by atoms with Crippen LogP contribution in [0.2, 0.25) is 0 Å². The van der Waals surface area contributed by atoms with Crippen LogP contribution in [-0.2, 0) is 11.2 Å². The number of likely N-dealkylation sites (N-methyl/N-ethyl adjacent to an activating group) is 1. The number of carbonyl (C=O) groups excluding carboxylic acids is 1. The van der Waals surface area contributed by atoms with Crippen molar-refractivity contribution in [1.29, 1.82) is 0 Å². The molecule has 4 nitrogen and oxygen atoms in total. The number of benzene rings is 1. The van der Waals surface area contributed by atoms with Gasteiger partial charge in [-0.15, -0.1) is 0 Å². The molecule has 4 rings (SSSR count). The van der Waals surface area contributed by atoms with Crippen LogP contribution in [0.25, 0.3) is 16.5 Å². The molecule has 2 aliphatic rings. The highest BCUT2D eigenvalue weighted by Gasteiger charge is 2.37. The molecule has 2 aromatic rings. The van der Waals surface area contributed by atoms with Gasteiger partial charge in [0.2, 0.25) is 5.91 Å². The van der Waals surface area contributed by atoms with E-state index in [1.54, 1.807) is 0 Å². The number of H-pyrrole nitrogens is 1. The van der Waals surface area contributed by atoms with Crippen molar-refractivity contribution >= 4 is 22.4 Å². The quantitative estimate of drug-likeness (QED) is 0.882. The number of nitrogens with zero attached hydrogens (tertiary/aromatic N) is 1. The summed E-state index contributed by atoms with van der Waals surface area (Å²) in [5, 5.41) is 4.15. The van der Waals surface area contributed by atoms with Gasteiger partial charge in [0, 0.05) is 35.1 Å². The number of rotatable bonds is 4. The highest BCUT2D eigenvalue weighted by Crippen LogP contribution is 2.41. The Morgan fingerprint density at radius 1 is 1.38 bits per heavy atom. The maximum Gasteiger partial charge on any atom is 0.228 e. The molecule has 1 amide bonds. The summed E-state index contributed by atoms with van der Waals surface area (Å²) in [5.74, 6) is -0.310. The molecule has 1 aliphatic heterocycles. The second-order valence-corrected chi connectivity index (χ2v) is 7.56. The number of aromatic nitrogens is 1. The largest absolute Gasteiger partial charge is 0.353 e. The number of hydrogen-bond donors (Lipinski definition) is 2. The first-order valence-electron chi connectivity index (χ1n) is 9.55. The molecule has 0 spiro atoms. The summed E-state index contributed by atoms with van der Waals surface area (Å²) in [5.41, 5.74) is 3.81. The maximum atomic E-state index is 14.4. The number of aromatic amines is 1. The lowest BCUT2D eigenvalue weighted by molar-refractivity contribution is -0.125. The van der Waals surface area contributed by atoms with Gasteiger partial charge in [-0.05, 0) is 43.5 Å². The highest BCUT2D eigenvalue weighted by molar-refractivity contribution is 5.99. The number of amides is 1. The fourth-order valence-electron chi connectivity index (χ4n) is 4.46. The number of hydrogen-bond acceptors (Lipinski definition) is 2. The van der Waals surface area contributed by atoms with E-state index in [9.17, 15) is 9.18 Å². The molecular formula is C21H26FN3O. The number of carbonyl (C=O) groups is 1. The van der Waals surface area contributed by atoms with Crippen LogP contribution in [0.5, 0.6) is 0 Å². The molecule has 2 unspecified atom stereocenters. The molecule has 1 aromatic carbocycles. The Morgan fingerprint density at radius 3 is 2.88 bits per heavy atom. The second kappa shape index (κ2) is 6.54. The Bertz CT molecular complexity index is 881. The van der Waals surface area contributed by atoms with Gasteiger partial charge in [0.25, 0.3) is 0 Å². The average molecular weight is 355 g/mol. The lowest BCUT2D eigenvalue weighted by Gasteiger charge is -2.39. The van der Waals surface area contributed by atoms with Crippen molar-refractivity contribution in [2.45, 2.75) is 45.2 Å². The molecule has 1 aromatic heterocycles. The topological polar surface area (TPSA) is 48.1 Å². The molecule has 0 saturated carbocycles. The fraction of sp³-hybridized carbons (Fsp3) is 0.476. The Kier molecular flexibility index (Phi) is 4.35. The Labute approximate surface area is 153 Å². The summed E-state index contributed by atoms with van der Waals surface area (Å²) >= 11 is 0. The third-order valence-electron chi connectivity index (χ3n) is 6.01. The molecular weight excluding hydrogens is 329 g/mol. The van der Waals surface area contributed by atoms with E-state index < -0.39 is 0 Å². The Hall–Kier alpha value is -2.14. The molecule has 0 saturated heterocycles. The van der Waals surface area contributed by atoms with Crippen molar-refractivity contribution in [3.05, 3.63) is 41.3 Å². The summed E-state index contributed by atoms with van der Waals surface area (Å²) in [7, 11) is 2.03. The SMILES string of the molecule is CCC(CC)NC(=O)C1C=C2c3cccc4[nH]c(F)c(c34)CC2N(C)C1. The molecule has 0 bridgehead atoms. The smallest absolute Gasteiger partial charge is 0.228 e. The summed E-state index contributed by atoms with van der Waals surface area (Å²) in [4.78, 5) is 17.9. The van der Waals surface area contributed by atoms with Crippen LogP contribution in [0.4, 0.5) is 4.39 Å². The van der Waals surface area contributed by atoms with Gasteiger partial charge < -0.3 is 10.3 Å². The number of halogens is 1. The van der Waals surface area contributed by atoms with E-state index in [0.717, 1.165) is 40.4 Å². The maximum absolute atomic E-state index is 14.4.